The second-order valence-electron chi connectivity index (χ2n) is 4.23. The number of nitrogens with one attached hydrogen (secondary N) is 1. The van der Waals surface area contributed by atoms with Gasteiger partial charge in [0, 0.05) is 16.7 Å². The first-order valence-corrected chi connectivity index (χ1v) is 8.07. The Morgan fingerprint density at radius 1 is 1.50 bits per heavy atom. The van der Waals surface area contributed by atoms with E-state index >= 15 is 0 Å². The summed E-state index contributed by atoms with van der Waals surface area (Å²) in [6, 6.07) is 0.653. The number of thioether (sulfide) groups is 1. The van der Waals surface area contributed by atoms with E-state index in [-0.39, 0.29) is 0 Å². The Hall–Kier alpha value is -0.220. The van der Waals surface area contributed by atoms with E-state index in [0.717, 1.165) is 16.8 Å². The lowest BCUT2D eigenvalue weighted by Crippen LogP contribution is -2.15. The number of thiazole rings is 1. The summed E-state index contributed by atoms with van der Waals surface area (Å²) in [4.78, 5) is 4.56. The van der Waals surface area contributed by atoms with Crippen LogP contribution in [0.2, 0.25) is 0 Å². The molecule has 1 aliphatic rings. The van der Waals surface area contributed by atoms with Gasteiger partial charge in [-0.15, -0.1) is 11.3 Å². The molecule has 16 heavy (non-hydrogen) atoms. The van der Waals surface area contributed by atoms with Crippen molar-refractivity contribution in [3.05, 3.63) is 11.1 Å². The molecule has 1 aromatic heterocycles. The molecule has 4 heteroatoms. The summed E-state index contributed by atoms with van der Waals surface area (Å²) in [6.45, 7) is 4.40. The number of aryl methyl sites for hydroxylation is 1. The Morgan fingerprint density at radius 3 is 3.06 bits per heavy atom. The number of nitrogens with zero attached hydrogens (tertiary/aromatic N) is 1. The van der Waals surface area contributed by atoms with Gasteiger partial charge in [-0.2, -0.15) is 11.8 Å². The first-order chi connectivity index (χ1) is 7.81. The summed E-state index contributed by atoms with van der Waals surface area (Å²) in [5, 5.41) is 7.72. The first kappa shape index (κ1) is 12.2. The minimum absolute atomic E-state index is 0.653. The largest absolute Gasteiger partial charge is 0.359 e. The number of hydrogen-bond donors (Lipinski definition) is 1. The molecule has 1 heterocycles. The molecule has 2 nitrogen and oxygen atoms in total. The smallest absolute Gasteiger partial charge is 0.183 e. The van der Waals surface area contributed by atoms with Crippen LogP contribution in [0.25, 0.3) is 0 Å². The highest BCUT2D eigenvalue weighted by molar-refractivity contribution is 7.99. The van der Waals surface area contributed by atoms with Crippen LogP contribution in [0.1, 0.15) is 38.8 Å². The van der Waals surface area contributed by atoms with Gasteiger partial charge in [-0.3, -0.25) is 0 Å². The zero-order valence-electron chi connectivity index (χ0n) is 10.0. The van der Waals surface area contributed by atoms with E-state index in [4.69, 9.17) is 0 Å². The normalized spacial score (nSPS) is 24.9. The Labute approximate surface area is 106 Å². The lowest BCUT2D eigenvalue weighted by atomic mass is 10.3. The van der Waals surface area contributed by atoms with Crippen LogP contribution in [0.5, 0.6) is 0 Å². The predicted molar refractivity (Wildman–Crippen MR) is 74.7 cm³/mol. The van der Waals surface area contributed by atoms with Gasteiger partial charge >= 0.3 is 0 Å². The van der Waals surface area contributed by atoms with Crippen molar-refractivity contribution >= 4 is 28.2 Å². The lowest BCUT2D eigenvalue weighted by Gasteiger charge is -2.11. The van der Waals surface area contributed by atoms with E-state index in [1.807, 2.05) is 0 Å². The molecule has 90 valence electrons. The summed E-state index contributed by atoms with van der Waals surface area (Å²) in [5.41, 5.74) is 1.21. The van der Waals surface area contributed by atoms with E-state index in [2.05, 4.69) is 41.3 Å². The minimum atomic E-state index is 0.653. The molecule has 2 atom stereocenters. The average Bonchev–Trinajstić information content (AvgIpc) is 2.89. The fraction of sp³-hybridized carbons (Fsp3) is 0.750. The summed E-state index contributed by atoms with van der Waals surface area (Å²) in [6.07, 6.45) is 5.01. The van der Waals surface area contributed by atoms with Gasteiger partial charge in [0.05, 0.1) is 5.69 Å². The van der Waals surface area contributed by atoms with Gasteiger partial charge in [0.1, 0.15) is 0 Å². The number of hydrogen-bond acceptors (Lipinski definition) is 4. The molecule has 0 amide bonds. The van der Waals surface area contributed by atoms with Crippen LogP contribution in [0, 0.1) is 0 Å². The van der Waals surface area contributed by atoms with Crippen molar-refractivity contribution in [2.75, 3.05) is 11.1 Å². The summed E-state index contributed by atoms with van der Waals surface area (Å²) in [5.74, 6) is 1.24. The van der Waals surface area contributed by atoms with Crippen molar-refractivity contribution in [2.45, 2.75) is 50.8 Å². The fourth-order valence-electron chi connectivity index (χ4n) is 2.17. The Kier molecular flexibility index (Phi) is 4.53. The third kappa shape index (κ3) is 3.14. The van der Waals surface area contributed by atoms with Crippen LogP contribution in [0.15, 0.2) is 5.38 Å². The zero-order valence-corrected chi connectivity index (χ0v) is 11.7. The maximum Gasteiger partial charge on any atom is 0.183 e. The number of aromatic nitrogens is 1. The van der Waals surface area contributed by atoms with Gasteiger partial charge in [-0.1, -0.05) is 13.8 Å². The van der Waals surface area contributed by atoms with Crippen molar-refractivity contribution in [3.8, 4) is 0 Å². The summed E-state index contributed by atoms with van der Waals surface area (Å²) in [7, 11) is 0. The van der Waals surface area contributed by atoms with Crippen LogP contribution in [-0.4, -0.2) is 22.0 Å². The van der Waals surface area contributed by atoms with Crippen molar-refractivity contribution in [2.24, 2.45) is 0 Å². The van der Waals surface area contributed by atoms with Crippen LogP contribution in [0.4, 0.5) is 5.13 Å². The molecule has 0 aliphatic heterocycles. The van der Waals surface area contributed by atoms with Crippen LogP contribution >= 0.6 is 23.1 Å². The van der Waals surface area contributed by atoms with Crippen molar-refractivity contribution < 1.29 is 0 Å². The van der Waals surface area contributed by atoms with E-state index in [1.54, 1.807) is 11.3 Å². The predicted octanol–water partition coefficient (Wildman–Crippen LogP) is 3.79. The highest BCUT2D eigenvalue weighted by atomic mass is 32.2. The first-order valence-electron chi connectivity index (χ1n) is 6.14. The second-order valence-corrected chi connectivity index (χ2v) is 6.66. The third-order valence-electron chi connectivity index (χ3n) is 3.03. The monoisotopic (exact) mass is 256 g/mol. The van der Waals surface area contributed by atoms with Gasteiger partial charge in [0.25, 0.3) is 0 Å². The van der Waals surface area contributed by atoms with E-state index in [1.165, 1.54) is 30.7 Å². The lowest BCUT2D eigenvalue weighted by molar-refractivity contribution is 0.755. The molecule has 2 unspecified atom stereocenters. The molecule has 0 spiro atoms. The standard InChI is InChI=1S/C12H20N2S2/c1-3-9-8-16-12(13-9)14-10-5-6-11(7-10)15-4-2/h8,10-11H,3-7H2,1-2H3,(H,13,14). The average molecular weight is 256 g/mol. The van der Waals surface area contributed by atoms with Crippen molar-refractivity contribution in [1.29, 1.82) is 0 Å². The molecule has 1 saturated carbocycles. The Balaban J connectivity index is 1.82. The highest BCUT2D eigenvalue weighted by Crippen LogP contribution is 2.32. The summed E-state index contributed by atoms with van der Waals surface area (Å²) < 4.78 is 0. The molecular weight excluding hydrogens is 236 g/mol. The summed E-state index contributed by atoms with van der Waals surface area (Å²) >= 11 is 3.85. The molecule has 2 rings (SSSR count). The van der Waals surface area contributed by atoms with Gasteiger partial charge in [0.2, 0.25) is 0 Å². The van der Waals surface area contributed by atoms with Crippen molar-refractivity contribution in [3.63, 3.8) is 0 Å². The number of rotatable bonds is 5. The molecule has 0 radical (unpaired) electrons. The molecule has 1 N–H and O–H groups in total. The van der Waals surface area contributed by atoms with Crippen LogP contribution in [-0.2, 0) is 6.42 Å². The fourth-order valence-corrected chi connectivity index (χ4v) is 4.18. The Bertz CT molecular complexity index is 325. The molecule has 0 aromatic carbocycles. The van der Waals surface area contributed by atoms with Crippen LogP contribution < -0.4 is 5.32 Å². The molecular formula is C12H20N2S2. The topological polar surface area (TPSA) is 24.9 Å². The molecule has 1 aromatic rings. The van der Waals surface area contributed by atoms with E-state index < -0.39 is 0 Å². The maximum atomic E-state index is 4.56. The second kappa shape index (κ2) is 5.92. The SMILES string of the molecule is CCSC1CCC(Nc2nc(CC)cs2)C1. The van der Waals surface area contributed by atoms with Gasteiger partial charge in [-0.25, -0.2) is 4.98 Å². The number of anilines is 1. The van der Waals surface area contributed by atoms with Gasteiger partial charge < -0.3 is 5.32 Å². The van der Waals surface area contributed by atoms with Gasteiger partial charge in [-0.05, 0) is 31.4 Å². The minimum Gasteiger partial charge on any atom is -0.359 e. The Morgan fingerprint density at radius 2 is 2.38 bits per heavy atom. The van der Waals surface area contributed by atoms with E-state index in [9.17, 15) is 0 Å². The molecule has 0 saturated heterocycles. The van der Waals surface area contributed by atoms with Crippen molar-refractivity contribution in [1.82, 2.24) is 4.98 Å². The van der Waals surface area contributed by atoms with E-state index in [0.29, 0.717) is 6.04 Å². The maximum absolute atomic E-state index is 4.56. The third-order valence-corrected chi connectivity index (χ3v) is 5.08. The molecule has 1 aliphatic carbocycles. The molecule has 1 fully saturated rings. The zero-order chi connectivity index (χ0) is 11.4. The highest BCUT2D eigenvalue weighted by Gasteiger charge is 2.24. The quantitative estimate of drug-likeness (QED) is 0.867. The molecule has 0 bridgehead atoms. The van der Waals surface area contributed by atoms with Gasteiger partial charge in [0.15, 0.2) is 5.13 Å². The van der Waals surface area contributed by atoms with Crippen LogP contribution in [0.3, 0.4) is 0 Å².